The molecule has 0 aliphatic carbocycles. The van der Waals surface area contributed by atoms with Gasteiger partial charge in [-0.2, -0.15) is 0 Å². The second-order valence-corrected chi connectivity index (χ2v) is 6.47. The first-order chi connectivity index (χ1) is 10.3. The fourth-order valence-corrected chi connectivity index (χ4v) is 2.06. The topological polar surface area (TPSA) is 71.7 Å². The highest BCUT2D eigenvalue weighted by Crippen LogP contribution is 2.27. The van der Waals surface area contributed by atoms with Gasteiger partial charge in [0.15, 0.2) is 11.3 Å². The molecule has 0 unspecified atom stereocenters. The van der Waals surface area contributed by atoms with Crippen molar-refractivity contribution in [1.82, 2.24) is 5.32 Å². The lowest BCUT2D eigenvalue weighted by Crippen LogP contribution is -2.42. The highest BCUT2D eigenvalue weighted by Gasteiger charge is 2.14. The van der Waals surface area contributed by atoms with Gasteiger partial charge in [-0.05, 0) is 45.4 Å². The second kappa shape index (κ2) is 6.50. The Balaban J connectivity index is 2.10. The van der Waals surface area contributed by atoms with Crippen LogP contribution < -0.4 is 15.7 Å². The van der Waals surface area contributed by atoms with E-state index in [0.717, 1.165) is 10.9 Å². The average Bonchev–Trinajstić information content (AvgIpc) is 2.43. The van der Waals surface area contributed by atoms with Crippen LogP contribution in [0.25, 0.3) is 11.0 Å². The first-order valence-electron chi connectivity index (χ1n) is 7.35. The van der Waals surface area contributed by atoms with Crippen LogP contribution in [0.15, 0.2) is 33.5 Å². The molecular weight excluding hydrogens is 282 g/mol. The molecule has 0 amide bonds. The molecule has 0 aliphatic rings. The van der Waals surface area contributed by atoms with Crippen molar-refractivity contribution < 1.29 is 14.3 Å². The molecule has 1 aromatic heterocycles. The molecule has 0 saturated carbocycles. The number of benzene rings is 1. The summed E-state index contributed by atoms with van der Waals surface area (Å²) in [6.07, 6.45) is -0.647. The lowest BCUT2D eigenvalue weighted by atomic mass is 10.1. The maximum atomic E-state index is 11.4. The molecule has 5 nitrogen and oxygen atoms in total. The molecule has 2 rings (SSSR count). The number of fused-ring (bicyclic) bond motifs is 1. The Hall–Kier alpha value is -1.85. The van der Waals surface area contributed by atoms with E-state index < -0.39 is 11.7 Å². The molecule has 0 saturated heterocycles. The van der Waals surface area contributed by atoms with E-state index in [9.17, 15) is 9.90 Å². The van der Waals surface area contributed by atoms with Gasteiger partial charge >= 0.3 is 5.63 Å². The van der Waals surface area contributed by atoms with E-state index in [1.54, 1.807) is 12.1 Å². The van der Waals surface area contributed by atoms with Crippen LogP contribution in [0, 0.1) is 6.92 Å². The summed E-state index contributed by atoms with van der Waals surface area (Å²) in [4.78, 5) is 11.4. The van der Waals surface area contributed by atoms with E-state index in [1.165, 1.54) is 6.07 Å². The molecule has 5 heteroatoms. The van der Waals surface area contributed by atoms with E-state index in [4.69, 9.17) is 9.15 Å². The van der Waals surface area contributed by atoms with Crippen molar-refractivity contribution in [2.24, 2.45) is 0 Å². The summed E-state index contributed by atoms with van der Waals surface area (Å²) in [5, 5.41) is 14.0. The standard InChI is InChI=1S/C17H23NO4/c1-11-5-7-14(16-13(11)6-8-15(20)22-16)21-10-12(19)9-18-17(2,3)4/h5-8,12,18-19H,9-10H2,1-4H3/t12-/m1/s1. The summed E-state index contributed by atoms with van der Waals surface area (Å²) < 4.78 is 10.9. The minimum Gasteiger partial charge on any atom is -0.487 e. The van der Waals surface area contributed by atoms with Crippen LogP contribution in [-0.2, 0) is 0 Å². The van der Waals surface area contributed by atoms with Crippen molar-refractivity contribution >= 4 is 11.0 Å². The van der Waals surface area contributed by atoms with Crippen molar-refractivity contribution in [3.8, 4) is 5.75 Å². The van der Waals surface area contributed by atoms with Crippen LogP contribution in [0.2, 0.25) is 0 Å². The Morgan fingerprint density at radius 2 is 2.00 bits per heavy atom. The summed E-state index contributed by atoms with van der Waals surface area (Å²) in [5.74, 6) is 0.466. The minimum atomic E-state index is -0.647. The van der Waals surface area contributed by atoms with Gasteiger partial charge in [0.05, 0.1) is 0 Å². The number of hydrogen-bond donors (Lipinski definition) is 2. The summed E-state index contributed by atoms with van der Waals surface area (Å²) in [5.41, 5.74) is 0.937. The van der Waals surface area contributed by atoms with Crippen LogP contribution in [-0.4, -0.2) is 29.9 Å². The Morgan fingerprint density at radius 3 is 2.68 bits per heavy atom. The molecule has 1 atom stereocenters. The first kappa shape index (κ1) is 16.5. The second-order valence-electron chi connectivity index (χ2n) is 6.47. The zero-order valence-corrected chi connectivity index (χ0v) is 13.5. The van der Waals surface area contributed by atoms with Crippen molar-refractivity contribution in [1.29, 1.82) is 0 Å². The number of hydrogen-bond acceptors (Lipinski definition) is 5. The number of aryl methyl sites for hydroxylation is 1. The lowest BCUT2D eigenvalue weighted by molar-refractivity contribution is 0.100. The lowest BCUT2D eigenvalue weighted by Gasteiger charge is -2.23. The molecule has 0 radical (unpaired) electrons. The number of nitrogens with one attached hydrogen (secondary N) is 1. The zero-order valence-electron chi connectivity index (χ0n) is 13.5. The van der Waals surface area contributed by atoms with Gasteiger partial charge in [-0.25, -0.2) is 4.79 Å². The number of ether oxygens (including phenoxy) is 1. The van der Waals surface area contributed by atoms with Gasteiger partial charge in [-0.1, -0.05) is 6.07 Å². The third kappa shape index (κ3) is 4.32. The summed E-state index contributed by atoms with van der Waals surface area (Å²) in [6.45, 7) is 8.58. The van der Waals surface area contributed by atoms with Gasteiger partial charge in [-0.3, -0.25) is 0 Å². The first-order valence-corrected chi connectivity index (χ1v) is 7.35. The predicted octanol–water partition coefficient (Wildman–Crippen LogP) is 2.23. The van der Waals surface area contributed by atoms with E-state index in [1.807, 2.05) is 33.8 Å². The van der Waals surface area contributed by atoms with Crippen molar-refractivity contribution in [2.75, 3.05) is 13.2 Å². The zero-order chi connectivity index (χ0) is 16.3. The molecule has 0 aliphatic heterocycles. The van der Waals surface area contributed by atoms with Gasteiger partial charge in [-0.15, -0.1) is 0 Å². The van der Waals surface area contributed by atoms with E-state index in [-0.39, 0.29) is 12.1 Å². The quantitative estimate of drug-likeness (QED) is 0.829. The molecule has 22 heavy (non-hydrogen) atoms. The predicted molar refractivity (Wildman–Crippen MR) is 86.5 cm³/mol. The minimum absolute atomic E-state index is 0.0652. The Bertz CT molecular complexity index is 700. The smallest absolute Gasteiger partial charge is 0.336 e. The molecule has 0 fully saturated rings. The van der Waals surface area contributed by atoms with Crippen molar-refractivity contribution in [2.45, 2.75) is 39.3 Å². The van der Waals surface area contributed by atoms with Gasteiger partial charge in [0.25, 0.3) is 0 Å². The summed E-state index contributed by atoms with van der Waals surface area (Å²) >= 11 is 0. The molecule has 2 aromatic rings. The molecule has 0 spiro atoms. The van der Waals surface area contributed by atoms with Gasteiger partial charge in [0.2, 0.25) is 0 Å². The fraction of sp³-hybridized carbons (Fsp3) is 0.471. The van der Waals surface area contributed by atoms with E-state index in [2.05, 4.69) is 5.32 Å². The highest BCUT2D eigenvalue weighted by atomic mass is 16.5. The normalized spacial score (nSPS) is 13.3. The Labute approximate surface area is 129 Å². The number of rotatable bonds is 5. The SMILES string of the molecule is Cc1ccc(OC[C@H](O)CNC(C)(C)C)c2oc(=O)ccc12. The van der Waals surface area contributed by atoms with Crippen molar-refractivity contribution in [3.63, 3.8) is 0 Å². The third-order valence-corrected chi connectivity index (χ3v) is 3.27. The molecule has 1 heterocycles. The molecule has 2 N–H and O–H groups in total. The van der Waals surface area contributed by atoms with Gasteiger partial charge in [0.1, 0.15) is 12.7 Å². The fourth-order valence-electron chi connectivity index (χ4n) is 2.06. The molecule has 0 bridgehead atoms. The molecular formula is C17H23NO4. The monoisotopic (exact) mass is 305 g/mol. The number of aliphatic hydroxyl groups is 1. The van der Waals surface area contributed by atoms with Crippen LogP contribution >= 0.6 is 0 Å². The largest absolute Gasteiger partial charge is 0.487 e. The highest BCUT2D eigenvalue weighted by molar-refractivity contribution is 5.85. The third-order valence-electron chi connectivity index (χ3n) is 3.27. The van der Waals surface area contributed by atoms with Crippen LogP contribution in [0.5, 0.6) is 5.75 Å². The number of aliphatic hydroxyl groups excluding tert-OH is 1. The van der Waals surface area contributed by atoms with Crippen LogP contribution in [0.4, 0.5) is 0 Å². The van der Waals surface area contributed by atoms with E-state index in [0.29, 0.717) is 17.9 Å². The molecule has 1 aromatic carbocycles. The molecule has 120 valence electrons. The van der Waals surface area contributed by atoms with Gasteiger partial charge < -0.3 is 19.6 Å². The van der Waals surface area contributed by atoms with Crippen LogP contribution in [0.3, 0.4) is 0 Å². The van der Waals surface area contributed by atoms with Crippen LogP contribution in [0.1, 0.15) is 26.3 Å². The Kier molecular flexibility index (Phi) is 4.88. The average molecular weight is 305 g/mol. The van der Waals surface area contributed by atoms with E-state index >= 15 is 0 Å². The van der Waals surface area contributed by atoms with Gasteiger partial charge in [0, 0.05) is 23.5 Å². The summed E-state index contributed by atoms with van der Waals surface area (Å²) in [6, 6.07) is 6.77. The number of β-amino-alcohol motifs (C(OH)–C–C–N with tert-alkyl or cyclic N) is 1. The maximum Gasteiger partial charge on any atom is 0.336 e. The summed E-state index contributed by atoms with van der Waals surface area (Å²) in [7, 11) is 0. The van der Waals surface area contributed by atoms with Crippen molar-refractivity contribution in [3.05, 3.63) is 40.2 Å². The Morgan fingerprint density at radius 1 is 1.27 bits per heavy atom. The maximum absolute atomic E-state index is 11.4.